The largest absolute Gasteiger partial charge is 0.383 e. The number of hydrogen-bond acceptors (Lipinski definition) is 4. The number of nitrogens with zero attached hydrogens (tertiary/aromatic N) is 1. The topological polar surface area (TPSA) is 52.5 Å². The van der Waals surface area contributed by atoms with E-state index >= 15 is 0 Å². The van der Waals surface area contributed by atoms with Gasteiger partial charge in [-0.2, -0.15) is 0 Å². The van der Waals surface area contributed by atoms with Crippen LogP contribution in [-0.2, 0) is 28.9 Å². The Balaban J connectivity index is 1.63. The first-order chi connectivity index (χ1) is 10.8. The number of pyridine rings is 1. The summed E-state index contributed by atoms with van der Waals surface area (Å²) in [7, 11) is 1.67. The normalized spacial score (nSPS) is 24.4. The molecule has 1 aromatic rings. The zero-order chi connectivity index (χ0) is 15.4. The van der Waals surface area contributed by atoms with Gasteiger partial charge in [-0.1, -0.05) is 6.07 Å². The molecule has 1 N–H and O–H groups in total. The average Bonchev–Trinajstić information content (AvgIpc) is 3.05. The molecule has 0 saturated carbocycles. The summed E-state index contributed by atoms with van der Waals surface area (Å²) < 4.78 is 12.4. The molecular formula is C17H26N2O3. The lowest BCUT2D eigenvalue weighted by Gasteiger charge is -2.28. The fraction of sp³-hybridized carbons (Fsp3) is 0.706. The molecule has 1 saturated heterocycles. The van der Waals surface area contributed by atoms with Gasteiger partial charge in [0.15, 0.2) is 0 Å². The SMILES string of the molecule is COCCn1c2c(ccc1=O)CC(NCC1CCOC1)CC2. The minimum absolute atomic E-state index is 0.0883. The maximum Gasteiger partial charge on any atom is 0.250 e. The molecule has 1 aromatic heterocycles. The zero-order valence-electron chi connectivity index (χ0n) is 13.3. The molecule has 22 heavy (non-hydrogen) atoms. The van der Waals surface area contributed by atoms with Gasteiger partial charge in [0.1, 0.15) is 0 Å². The third kappa shape index (κ3) is 3.59. The van der Waals surface area contributed by atoms with Crippen molar-refractivity contribution < 1.29 is 9.47 Å². The summed E-state index contributed by atoms with van der Waals surface area (Å²) in [6.07, 6.45) is 4.24. The van der Waals surface area contributed by atoms with E-state index in [-0.39, 0.29) is 5.56 Å². The molecule has 5 nitrogen and oxygen atoms in total. The number of rotatable bonds is 6. The summed E-state index contributed by atoms with van der Waals surface area (Å²) in [6.45, 7) is 4.08. The molecule has 1 aliphatic heterocycles. The molecule has 5 heteroatoms. The first-order valence-electron chi connectivity index (χ1n) is 8.29. The lowest BCUT2D eigenvalue weighted by atomic mass is 9.91. The van der Waals surface area contributed by atoms with Crippen molar-refractivity contribution in [3.05, 3.63) is 33.7 Å². The molecule has 0 bridgehead atoms. The smallest absolute Gasteiger partial charge is 0.250 e. The summed E-state index contributed by atoms with van der Waals surface area (Å²) in [5.41, 5.74) is 2.60. The molecule has 0 radical (unpaired) electrons. The Morgan fingerprint density at radius 2 is 2.32 bits per heavy atom. The predicted molar refractivity (Wildman–Crippen MR) is 85.3 cm³/mol. The van der Waals surface area contributed by atoms with E-state index in [2.05, 4.69) is 5.32 Å². The number of hydrogen-bond donors (Lipinski definition) is 1. The van der Waals surface area contributed by atoms with Gasteiger partial charge < -0.3 is 19.4 Å². The number of aromatic nitrogens is 1. The summed E-state index contributed by atoms with van der Waals surface area (Å²) in [6, 6.07) is 4.22. The van der Waals surface area contributed by atoms with Gasteiger partial charge in [-0.3, -0.25) is 4.79 Å². The van der Waals surface area contributed by atoms with Crippen molar-refractivity contribution in [2.45, 2.75) is 38.3 Å². The maximum atomic E-state index is 12.1. The molecule has 1 aliphatic carbocycles. The van der Waals surface area contributed by atoms with Crippen LogP contribution in [0.3, 0.4) is 0 Å². The van der Waals surface area contributed by atoms with Crippen molar-refractivity contribution in [3.8, 4) is 0 Å². The maximum absolute atomic E-state index is 12.1. The molecular weight excluding hydrogens is 280 g/mol. The fourth-order valence-corrected chi connectivity index (χ4v) is 3.50. The van der Waals surface area contributed by atoms with Gasteiger partial charge in [0.05, 0.1) is 13.2 Å². The quantitative estimate of drug-likeness (QED) is 0.851. The van der Waals surface area contributed by atoms with E-state index in [0.29, 0.717) is 25.1 Å². The van der Waals surface area contributed by atoms with Crippen LogP contribution in [0.5, 0.6) is 0 Å². The fourth-order valence-electron chi connectivity index (χ4n) is 3.50. The summed E-state index contributed by atoms with van der Waals surface area (Å²) >= 11 is 0. The van der Waals surface area contributed by atoms with E-state index in [1.807, 2.05) is 10.6 Å². The third-order valence-corrected chi connectivity index (χ3v) is 4.82. The Bertz CT molecular complexity index is 549. The number of nitrogens with one attached hydrogen (secondary N) is 1. The van der Waals surface area contributed by atoms with Crippen molar-refractivity contribution in [1.82, 2.24) is 9.88 Å². The van der Waals surface area contributed by atoms with Crippen LogP contribution < -0.4 is 10.9 Å². The molecule has 2 atom stereocenters. The minimum Gasteiger partial charge on any atom is -0.383 e. The summed E-state index contributed by atoms with van der Waals surface area (Å²) in [5.74, 6) is 0.664. The lowest BCUT2D eigenvalue weighted by Crippen LogP contribution is -2.39. The van der Waals surface area contributed by atoms with Gasteiger partial charge in [0.25, 0.3) is 5.56 Å². The van der Waals surface area contributed by atoms with Gasteiger partial charge in [-0.15, -0.1) is 0 Å². The van der Waals surface area contributed by atoms with Crippen molar-refractivity contribution in [2.75, 3.05) is 33.5 Å². The van der Waals surface area contributed by atoms with E-state index < -0.39 is 0 Å². The Labute approximate surface area is 131 Å². The van der Waals surface area contributed by atoms with Crippen LogP contribution in [0.2, 0.25) is 0 Å². The van der Waals surface area contributed by atoms with Crippen molar-refractivity contribution in [1.29, 1.82) is 0 Å². The lowest BCUT2D eigenvalue weighted by molar-refractivity contribution is 0.183. The van der Waals surface area contributed by atoms with Crippen LogP contribution in [0.25, 0.3) is 0 Å². The van der Waals surface area contributed by atoms with Gasteiger partial charge in [-0.25, -0.2) is 0 Å². The second-order valence-corrected chi connectivity index (χ2v) is 6.37. The highest BCUT2D eigenvalue weighted by molar-refractivity contribution is 5.25. The Hall–Kier alpha value is -1.17. The predicted octanol–water partition coefficient (Wildman–Crippen LogP) is 0.978. The van der Waals surface area contributed by atoms with Crippen LogP contribution in [0.15, 0.2) is 16.9 Å². The van der Waals surface area contributed by atoms with Gasteiger partial charge in [0.2, 0.25) is 0 Å². The second kappa shape index (κ2) is 7.40. The average molecular weight is 306 g/mol. The van der Waals surface area contributed by atoms with Crippen molar-refractivity contribution >= 4 is 0 Å². The first kappa shape index (κ1) is 15.7. The van der Waals surface area contributed by atoms with Crippen molar-refractivity contribution in [3.63, 3.8) is 0 Å². The summed E-state index contributed by atoms with van der Waals surface area (Å²) in [5, 5.41) is 3.69. The van der Waals surface area contributed by atoms with Crippen LogP contribution in [0.4, 0.5) is 0 Å². The third-order valence-electron chi connectivity index (χ3n) is 4.82. The Morgan fingerprint density at radius 1 is 1.41 bits per heavy atom. The van der Waals surface area contributed by atoms with E-state index in [0.717, 1.165) is 39.0 Å². The number of ether oxygens (including phenoxy) is 2. The van der Waals surface area contributed by atoms with Gasteiger partial charge in [-0.05, 0) is 37.2 Å². The molecule has 1 fully saturated rings. The molecule has 0 spiro atoms. The number of methoxy groups -OCH3 is 1. The van der Waals surface area contributed by atoms with E-state index in [4.69, 9.17) is 9.47 Å². The standard InChI is InChI=1S/C17H26N2O3/c1-21-9-7-19-16-4-3-15(10-14(16)2-5-17(19)20)18-11-13-6-8-22-12-13/h2,5,13,15,18H,3-4,6-12H2,1H3. The Kier molecular flexibility index (Phi) is 5.28. The molecule has 122 valence electrons. The minimum atomic E-state index is 0.0883. The van der Waals surface area contributed by atoms with Crippen LogP contribution >= 0.6 is 0 Å². The van der Waals surface area contributed by atoms with Gasteiger partial charge >= 0.3 is 0 Å². The van der Waals surface area contributed by atoms with E-state index in [1.165, 1.54) is 17.7 Å². The zero-order valence-corrected chi connectivity index (χ0v) is 13.3. The molecule has 0 amide bonds. The van der Waals surface area contributed by atoms with Crippen LogP contribution in [-0.4, -0.2) is 44.1 Å². The van der Waals surface area contributed by atoms with Crippen LogP contribution in [0.1, 0.15) is 24.1 Å². The highest BCUT2D eigenvalue weighted by Crippen LogP contribution is 2.21. The number of fused-ring (bicyclic) bond motifs is 1. The molecule has 2 aliphatic rings. The molecule has 3 rings (SSSR count). The second-order valence-electron chi connectivity index (χ2n) is 6.37. The first-order valence-corrected chi connectivity index (χ1v) is 8.29. The summed E-state index contributed by atoms with van der Waals surface area (Å²) in [4.78, 5) is 12.1. The monoisotopic (exact) mass is 306 g/mol. The Morgan fingerprint density at radius 3 is 3.09 bits per heavy atom. The molecule has 0 aromatic carbocycles. The molecule has 2 unspecified atom stereocenters. The van der Waals surface area contributed by atoms with Crippen LogP contribution in [0, 0.1) is 5.92 Å². The van der Waals surface area contributed by atoms with Crippen molar-refractivity contribution in [2.24, 2.45) is 5.92 Å². The highest BCUT2D eigenvalue weighted by Gasteiger charge is 2.23. The van der Waals surface area contributed by atoms with Gasteiger partial charge in [0, 0.05) is 44.6 Å². The van der Waals surface area contributed by atoms with E-state index in [9.17, 15) is 4.79 Å². The molecule has 2 heterocycles. The highest BCUT2D eigenvalue weighted by atomic mass is 16.5. The van der Waals surface area contributed by atoms with E-state index in [1.54, 1.807) is 13.2 Å².